The first-order valence-corrected chi connectivity index (χ1v) is 11.8. The number of nitrogens with zero attached hydrogens (tertiary/aromatic N) is 4. The maximum Gasteiger partial charge on any atom is 0.262 e. The van der Waals surface area contributed by atoms with E-state index in [0.29, 0.717) is 17.0 Å². The molecule has 0 radical (unpaired) electrons. The highest BCUT2D eigenvalue weighted by Crippen LogP contribution is 2.20. The largest absolute Gasteiger partial charge is 0.339 e. The van der Waals surface area contributed by atoms with Gasteiger partial charge in [0.2, 0.25) is 10.0 Å². The van der Waals surface area contributed by atoms with Crippen LogP contribution in [-0.4, -0.2) is 61.2 Å². The minimum Gasteiger partial charge on any atom is -0.339 e. The van der Waals surface area contributed by atoms with Gasteiger partial charge in [-0.2, -0.15) is 4.31 Å². The monoisotopic (exact) mass is 432 g/mol. The minimum absolute atomic E-state index is 0.0276. The Morgan fingerprint density at radius 3 is 2.44 bits per heavy atom. The number of aromatic nitrogens is 2. The van der Waals surface area contributed by atoms with Crippen LogP contribution in [0.1, 0.15) is 12.0 Å². The molecule has 0 atom stereocenters. The molecule has 2 heterocycles. The van der Waals surface area contributed by atoms with Crippen molar-refractivity contribution in [1.82, 2.24) is 18.2 Å². The van der Waals surface area contributed by atoms with Crippen LogP contribution < -0.4 is 0 Å². The van der Waals surface area contributed by atoms with Crippen molar-refractivity contribution < 1.29 is 16.8 Å². The third kappa shape index (κ3) is 4.69. The van der Waals surface area contributed by atoms with Crippen LogP contribution in [0.15, 0.2) is 41.8 Å². The van der Waals surface area contributed by atoms with Crippen LogP contribution in [-0.2, 0) is 32.8 Å². The highest BCUT2D eigenvalue weighted by atomic mass is 35.5. The quantitative estimate of drug-likeness (QED) is 0.710. The Bertz CT molecular complexity index is 1020. The summed E-state index contributed by atoms with van der Waals surface area (Å²) < 4.78 is 55.1. The van der Waals surface area contributed by atoms with E-state index in [-0.39, 0.29) is 37.0 Å². The molecule has 0 N–H and O–H groups in total. The van der Waals surface area contributed by atoms with Crippen LogP contribution in [0, 0.1) is 0 Å². The Labute approximate surface area is 164 Å². The Kier molecular flexibility index (Phi) is 5.92. The highest BCUT2D eigenvalue weighted by Gasteiger charge is 2.32. The average molecular weight is 433 g/mol. The summed E-state index contributed by atoms with van der Waals surface area (Å²) in [6, 6.07) is 6.72. The van der Waals surface area contributed by atoms with Crippen LogP contribution in [0.3, 0.4) is 0 Å². The molecule has 0 saturated carbocycles. The lowest BCUT2D eigenvalue weighted by atomic mass is 10.2. The maximum atomic E-state index is 12.7. The fraction of sp³-hybridized carbons (Fsp3) is 0.438. The number of hydrogen-bond acceptors (Lipinski definition) is 5. The van der Waals surface area contributed by atoms with Gasteiger partial charge in [-0.1, -0.05) is 23.7 Å². The number of aryl methyl sites for hydroxylation is 1. The van der Waals surface area contributed by atoms with Gasteiger partial charge >= 0.3 is 0 Å². The molecule has 148 valence electrons. The third-order valence-electron chi connectivity index (χ3n) is 4.33. The third-order valence-corrected chi connectivity index (χ3v) is 8.20. The van der Waals surface area contributed by atoms with Crippen LogP contribution >= 0.6 is 11.6 Å². The molecule has 1 aromatic heterocycles. The second-order valence-corrected chi connectivity index (χ2v) is 10.7. The van der Waals surface area contributed by atoms with E-state index in [1.807, 2.05) is 0 Å². The Balaban J connectivity index is 1.72. The fourth-order valence-electron chi connectivity index (χ4n) is 2.97. The summed E-state index contributed by atoms with van der Waals surface area (Å²) in [4.78, 5) is 3.91. The molecule has 1 aliphatic rings. The van der Waals surface area contributed by atoms with Crippen LogP contribution in [0.5, 0.6) is 0 Å². The molecule has 1 aromatic carbocycles. The first kappa shape index (κ1) is 20.3. The molecule has 0 spiro atoms. The minimum atomic E-state index is -3.74. The van der Waals surface area contributed by atoms with Gasteiger partial charge in [-0.3, -0.25) is 0 Å². The van der Waals surface area contributed by atoms with E-state index in [2.05, 4.69) is 4.98 Å². The van der Waals surface area contributed by atoms with Crippen molar-refractivity contribution in [3.05, 3.63) is 47.4 Å². The van der Waals surface area contributed by atoms with Crippen LogP contribution in [0.25, 0.3) is 0 Å². The van der Waals surface area contributed by atoms with Gasteiger partial charge in [0.05, 0.1) is 12.1 Å². The Morgan fingerprint density at radius 1 is 1.07 bits per heavy atom. The molecule has 0 amide bonds. The van der Waals surface area contributed by atoms with Crippen molar-refractivity contribution in [3.63, 3.8) is 0 Å². The van der Waals surface area contributed by atoms with Gasteiger partial charge in [0, 0.05) is 44.4 Å². The second-order valence-electron chi connectivity index (χ2n) is 6.42. The van der Waals surface area contributed by atoms with Crippen molar-refractivity contribution in [2.45, 2.75) is 17.2 Å². The summed E-state index contributed by atoms with van der Waals surface area (Å²) >= 11 is 5.93. The zero-order valence-electron chi connectivity index (χ0n) is 14.8. The van der Waals surface area contributed by atoms with E-state index < -0.39 is 20.0 Å². The van der Waals surface area contributed by atoms with Gasteiger partial charge in [0.15, 0.2) is 5.03 Å². The lowest BCUT2D eigenvalue weighted by Crippen LogP contribution is -2.37. The lowest BCUT2D eigenvalue weighted by Gasteiger charge is -2.21. The van der Waals surface area contributed by atoms with E-state index in [1.54, 1.807) is 35.9 Å². The number of hydrogen-bond donors (Lipinski definition) is 0. The molecule has 0 unspecified atom stereocenters. The number of rotatable bonds is 5. The van der Waals surface area contributed by atoms with Crippen molar-refractivity contribution in [2.24, 2.45) is 7.05 Å². The Hall–Kier alpha value is -1.46. The van der Waals surface area contributed by atoms with Gasteiger partial charge in [0.1, 0.15) is 0 Å². The van der Waals surface area contributed by atoms with Gasteiger partial charge < -0.3 is 4.57 Å². The summed E-state index contributed by atoms with van der Waals surface area (Å²) in [6.45, 7) is 0.724. The summed E-state index contributed by atoms with van der Waals surface area (Å²) in [5.41, 5.74) is 0.602. The molecule has 11 heteroatoms. The number of halogens is 1. The predicted octanol–water partition coefficient (Wildman–Crippen LogP) is 1.30. The summed E-state index contributed by atoms with van der Waals surface area (Å²) in [5, 5.41) is 0.450. The molecule has 3 rings (SSSR count). The lowest BCUT2D eigenvalue weighted by molar-refractivity contribution is 0.403. The molecule has 8 nitrogen and oxygen atoms in total. The Morgan fingerprint density at radius 2 is 1.78 bits per heavy atom. The molecular formula is C16H21ClN4O4S2. The van der Waals surface area contributed by atoms with Crippen molar-refractivity contribution >= 4 is 31.6 Å². The van der Waals surface area contributed by atoms with Crippen LogP contribution in [0.2, 0.25) is 5.02 Å². The number of imidazole rings is 1. The number of benzene rings is 1. The standard InChI is InChI=1S/C16H21ClN4O4S2/c1-19-11-16(18-13-19)27(24,25)21-7-3-6-20(8-9-21)26(22,23)12-14-4-2-5-15(17)10-14/h2,4-5,10-11,13H,3,6-9,12H2,1H3. The topological polar surface area (TPSA) is 92.6 Å². The molecule has 1 aliphatic heterocycles. The second kappa shape index (κ2) is 7.88. The zero-order chi connectivity index (χ0) is 19.7. The molecule has 0 bridgehead atoms. The van der Waals surface area contributed by atoms with Gasteiger partial charge in [-0.25, -0.2) is 26.1 Å². The summed E-state index contributed by atoms with van der Waals surface area (Å²) in [7, 11) is -5.61. The van der Waals surface area contributed by atoms with E-state index >= 15 is 0 Å². The molecular weight excluding hydrogens is 412 g/mol. The van der Waals surface area contributed by atoms with Crippen molar-refractivity contribution in [3.8, 4) is 0 Å². The first-order chi connectivity index (χ1) is 12.7. The molecule has 1 saturated heterocycles. The first-order valence-electron chi connectivity index (χ1n) is 8.39. The van der Waals surface area contributed by atoms with E-state index in [9.17, 15) is 16.8 Å². The zero-order valence-corrected chi connectivity index (χ0v) is 17.2. The van der Waals surface area contributed by atoms with E-state index in [1.165, 1.54) is 21.1 Å². The molecule has 2 aromatic rings. The van der Waals surface area contributed by atoms with Crippen molar-refractivity contribution in [1.29, 1.82) is 0 Å². The predicted molar refractivity (Wildman–Crippen MR) is 102 cm³/mol. The molecule has 1 fully saturated rings. The normalized spacial score (nSPS) is 17.7. The van der Waals surface area contributed by atoms with E-state index in [4.69, 9.17) is 11.6 Å². The van der Waals surface area contributed by atoms with Gasteiger partial charge in [0.25, 0.3) is 10.0 Å². The average Bonchev–Trinajstić information content (AvgIpc) is 2.87. The van der Waals surface area contributed by atoms with Gasteiger partial charge in [-0.05, 0) is 24.1 Å². The van der Waals surface area contributed by atoms with Crippen LogP contribution in [0.4, 0.5) is 0 Å². The van der Waals surface area contributed by atoms with E-state index in [0.717, 1.165) is 0 Å². The number of sulfonamides is 2. The molecule has 0 aliphatic carbocycles. The molecule has 27 heavy (non-hydrogen) atoms. The van der Waals surface area contributed by atoms with Gasteiger partial charge in [-0.15, -0.1) is 0 Å². The van der Waals surface area contributed by atoms with Crippen molar-refractivity contribution in [2.75, 3.05) is 26.2 Å². The smallest absolute Gasteiger partial charge is 0.262 e. The fourth-order valence-corrected chi connectivity index (χ4v) is 6.17. The maximum absolute atomic E-state index is 12.7. The SMILES string of the molecule is Cn1cnc(S(=O)(=O)N2CCCN(S(=O)(=O)Cc3cccc(Cl)c3)CC2)c1. The summed E-state index contributed by atoms with van der Waals surface area (Å²) in [6.07, 6.45) is 3.28. The summed E-state index contributed by atoms with van der Waals surface area (Å²) in [5.74, 6) is -0.166. The highest BCUT2D eigenvalue weighted by molar-refractivity contribution is 7.89.